The minimum absolute atomic E-state index is 0.482. The maximum atomic E-state index is 5.80. The molecule has 1 aromatic heterocycles. The van der Waals surface area contributed by atoms with Gasteiger partial charge >= 0.3 is 0 Å². The van der Waals surface area contributed by atoms with Gasteiger partial charge in [0.15, 0.2) is 0 Å². The summed E-state index contributed by atoms with van der Waals surface area (Å²) in [5, 5.41) is 3.66. The van der Waals surface area contributed by atoms with Crippen molar-refractivity contribution in [2.45, 2.75) is 65.8 Å². The van der Waals surface area contributed by atoms with Crippen molar-refractivity contribution in [3.05, 3.63) is 22.6 Å². The molecule has 0 aliphatic heterocycles. The van der Waals surface area contributed by atoms with E-state index in [9.17, 15) is 0 Å². The second kappa shape index (κ2) is 5.92. The summed E-state index contributed by atoms with van der Waals surface area (Å²) in [6.45, 7) is 9.60. The topological polar surface area (TPSA) is 25.2 Å². The Bertz CT molecular complexity index is 388. The third kappa shape index (κ3) is 2.80. The summed E-state index contributed by atoms with van der Waals surface area (Å²) in [7, 11) is 0. The van der Waals surface area contributed by atoms with Gasteiger partial charge in [-0.3, -0.25) is 0 Å². The van der Waals surface area contributed by atoms with Crippen LogP contribution in [0.3, 0.4) is 0 Å². The molecule has 1 aliphatic carbocycles. The fourth-order valence-corrected chi connectivity index (χ4v) is 3.45. The summed E-state index contributed by atoms with van der Waals surface area (Å²) >= 11 is 0. The summed E-state index contributed by atoms with van der Waals surface area (Å²) in [5.74, 6) is 3.09. The van der Waals surface area contributed by atoms with Crippen molar-refractivity contribution in [3.63, 3.8) is 0 Å². The molecule has 0 spiro atoms. The summed E-state index contributed by atoms with van der Waals surface area (Å²) in [6, 6.07) is 0.482. The van der Waals surface area contributed by atoms with E-state index < -0.39 is 0 Å². The van der Waals surface area contributed by atoms with E-state index in [2.05, 4.69) is 33.0 Å². The normalized spacial score (nSPS) is 18.4. The highest BCUT2D eigenvalue weighted by molar-refractivity contribution is 5.34. The minimum atomic E-state index is 0.482. The van der Waals surface area contributed by atoms with Gasteiger partial charge in [0, 0.05) is 11.6 Å². The third-order valence-electron chi connectivity index (χ3n) is 4.46. The van der Waals surface area contributed by atoms with Gasteiger partial charge in [0.2, 0.25) is 0 Å². The van der Waals surface area contributed by atoms with Crippen LogP contribution in [-0.4, -0.2) is 6.54 Å². The van der Waals surface area contributed by atoms with Crippen LogP contribution in [0.1, 0.15) is 67.7 Å². The average Bonchev–Trinajstić information content (AvgIpc) is 2.89. The maximum Gasteiger partial charge on any atom is 0.106 e. The van der Waals surface area contributed by atoms with Crippen LogP contribution >= 0.6 is 0 Å². The van der Waals surface area contributed by atoms with Gasteiger partial charge in [0.25, 0.3) is 0 Å². The molecule has 1 saturated carbocycles. The molecule has 0 saturated heterocycles. The van der Waals surface area contributed by atoms with Gasteiger partial charge in [-0.05, 0) is 45.2 Å². The lowest BCUT2D eigenvalue weighted by Crippen LogP contribution is -2.24. The molecule has 0 amide bonds. The zero-order valence-electron chi connectivity index (χ0n) is 12.3. The molecular formula is C16H27NO. The van der Waals surface area contributed by atoms with Crippen LogP contribution in [0.15, 0.2) is 4.42 Å². The van der Waals surface area contributed by atoms with E-state index in [0.29, 0.717) is 6.04 Å². The van der Waals surface area contributed by atoms with Gasteiger partial charge in [-0.2, -0.15) is 0 Å². The van der Waals surface area contributed by atoms with Crippen LogP contribution in [0.4, 0.5) is 0 Å². The highest BCUT2D eigenvalue weighted by Crippen LogP contribution is 2.36. The van der Waals surface area contributed by atoms with Crippen molar-refractivity contribution in [1.29, 1.82) is 0 Å². The second-order valence-electron chi connectivity index (χ2n) is 5.75. The molecule has 1 fully saturated rings. The van der Waals surface area contributed by atoms with E-state index in [-0.39, 0.29) is 0 Å². The Kier molecular flexibility index (Phi) is 4.50. The molecule has 1 N–H and O–H groups in total. The molecule has 0 bridgehead atoms. The molecule has 0 aromatic carbocycles. The molecule has 18 heavy (non-hydrogen) atoms. The van der Waals surface area contributed by atoms with Crippen LogP contribution < -0.4 is 5.32 Å². The van der Waals surface area contributed by atoms with Crippen molar-refractivity contribution in [2.24, 2.45) is 5.92 Å². The van der Waals surface area contributed by atoms with Crippen LogP contribution in [-0.2, 0) is 0 Å². The predicted octanol–water partition coefficient (Wildman–Crippen LogP) is 4.44. The Hall–Kier alpha value is -0.760. The van der Waals surface area contributed by atoms with Gasteiger partial charge in [0.05, 0.1) is 0 Å². The first-order chi connectivity index (χ1) is 8.63. The smallest absolute Gasteiger partial charge is 0.106 e. The Labute approximate surface area is 111 Å². The number of nitrogens with one attached hydrogen (secondary N) is 1. The van der Waals surface area contributed by atoms with E-state index >= 15 is 0 Å². The quantitative estimate of drug-likeness (QED) is 0.834. The Morgan fingerprint density at radius 1 is 1.17 bits per heavy atom. The summed E-state index contributed by atoms with van der Waals surface area (Å²) in [5.41, 5.74) is 2.76. The Morgan fingerprint density at radius 2 is 1.83 bits per heavy atom. The van der Waals surface area contributed by atoms with Crippen molar-refractivity contribution < 1.29 is 4.42 Å². The van der Waals surface area contributed by atoms with E-state index in [1.54, 1.807) is 0 Å². The Balaban J connectivity index is 2.17. The molecule has 2 rings (SSSR count). The number of hydrogen-bond donors (Lipinski definition) is 1. The second-order valence-corrected chi connectivity index (χ2v) is 5.75. The van der Waals surface area contributed by atoms with Crippen molar-refractivity contribution in [2.75, 3.05) is 6.54 Å². The number of hydrogen-bond acceptors (Lipinski definition) is 2. The third-order valence-corrected chi connectivity index (χ3v) is 4.46. The molecule has 0 radical (unpaired) electrons. The van der Waals surface area contributed by atoms with Crippen molar-refractivity contribution in [1.82, 2.24) is 5.32 Å². The molecule has 2 heteroatoms. The van der Waals surface area contributed by atoms with Gasteiger partial charge in [0.1, 0.15) is 11.5 Å². The fourth-order valence-electron chi connectivity index (χ4n) is 3.45. The predicted molar refractivity (Wildman–Crippen MR) is 75.9 cm³/mol. The maximum absolute atomic E-state index is 5.80. The number of furan rings is 1. The molecule has 2 nitrogen and oxygen atoms in total. The van der Waals surface area contributed by atoms with Gasteiger partial charge < -0.3 is 9.73 Å². The fraction of sp³-hybridized carbons (Fsp3) is 0.750. The zero-order valence-corrected chi connectivity index (χ0v) is 12.3. The minimum Gasteiger partial charge on any atom is -0.466 e. The highest BCUT2D eigenvalue weighted by atomic mass is 16.3. The van der Waals surface area contributed by atoms with Gasteiger partial charge in [-0.15, -0.1) is 0 Å². The van der Waals surface area contributed by atoms with E-state index in [1.165, 1.54) is 43.2 Å². The standard InChI is InChI=1S/C16H27NO/c1-5-17-15(10-14-8-6-7-9-14)16-11(2)12(3)18-13(16)4/h14-15,17H,5-10H2,1-4H3. The molecule has 102 valence electrons. The average molecular weight is 249 g/mol. The summed E-state index contributed by atoms with van der Waals surface area (Å²) in [6.07, 6.45) is 6.94. The van der Waals surface area contributed by atoms with Crippen molar-refractivity contribution >= 4 is 0 Å². The first kappa shape index (κ1) is 13.7. The lowest BCUT2D eigenvalue weighted by molar-refractivity contribution is 0.394. The van der Waals surface area contributed by atoms with Crippen molar-refractivity contribution in [3.8, 4) is 0 Å². The first-order valence-electron chi connectivity index (χ1n) is 7.43. The number of rotatable bonds is 5. The van der Waals surface area contributed by atoms with E-state index in [4.69, 9.17) is 4.42 Å². The van der Waals surface area contributed by atoms with Crippen LogP contribution in [0, 0.1) is 26.7 Å². The van der Waals surface area contributed by atoms with Crippen LogP contribution in [0.25, 0.3) is 0 Å². The molecule has 1 heterocycles. The lowest BCUT2D eigenvalue weighted by atomic mass is 9.91. The molecule has 1 atom stereocenters. The van der Waals surface area contributed by atoms with E-state index in [0.717, 1.165) is 24.0 Å². The van der Waals surface area contributed by atoms with E-state index in [1.807, 2.05) is 0 Å². The van der Waals surface area contributed by atoms with Crippen LogP contribution in [0.2, 0.25) is 0 Å². The van der Waals surface area contributed by atoms with Crippen LogP contribution in [0.5, 0.6) is 0 Å². The molecular weight excluding hydrogens is 222 g/mol. The largest absolute Gasteiger partial charge is 0.466 e. The highest BCUT2D eigenvalue weighted by Gasteiger charge is 2.25. The summed E-state index contributed by atoms with van der Waals surface area (Å²) < 4.78 is 5.80. The summed E-state index contributed by atoms with van der Waals surface area (Å²) in [4.78, 5) is 0. The zero-order chi connectivity index (χ0) is 13.1. The molecule has 1 unspecified atom stereocenters. The van der Waals surface area contributed by atoms with Gasteiger partial charge in [-0.25, -0.2) is 0 Å². The lowest BCUT2D eigenvalue weighted by Gasteiger charge is -2.22. The monoisotopic (exact) mass is 249 g/mol. The van der Waals surface area contributed by atoms with Gasteiger partial charge in [-0.1, -0.05) is 32.6 Å². The molecule has 1 aromatic rings. The SMILES string of the molecule is CCNC(CC1CCCC1)c1c(C)oc(C)c1C. The number of aryl methyl sites for hydroxylation is 2. The molecule has 1 aliphatic rings. The Morgan fingerprint density at radius 3 is 2.33 bits per heavy atom. The first-order valence-corrected chi connectivity index (χ1v) is 7.43.